The largest absolute Gasteiger partial charge is 0.313 e. The summed E-state index contributed by atoms with van der Waals surface area (Å²) in [6, 6.07) is 1.72. The first-order valence-electron chi connectivity index (χ1n) is 7.87. The molecule has 0 aromatic carbocycles. The lowest BCUT2D eigenvalue weighted by molar-refractivity contribution is 0.163. The van der Waals surface area contributed by atoms with Crippen LogP contribution in [-0.4, -0.2) is 36.6 Å². The average Bonchev–Trinajstić information content (AvgIpc) is 2.89. The number of rotatable bonds is 6. The molecule has 100 valence electrons. The van der Waals surface area contributed by atoms with Crippen molar-refractivity contribution < 1.29 is 0 Å². The summed E-state index contributed by atoms with van der Waals surface area (Å²) in [4.78, 5) is 2.71. The average molecular weight is 238 g/mol. The Kier molecular flexibility index (Phi) is 5.79. The Morgan fingerprint density at radius 2 is 1.59 bits per heavy atom. The molecule has 2 aliphatic rings. The van der Waals surface area contributed by atoms with Crippen molar-refractivity contribution in [3.8, 4) is 0 Å². The normalized spacial score (nSPS) is 23.6. The molecule has 0 amide bonds. The van der Waals surface area contributed by atoms with E-state index in [-0.39, 0.29) is 0 Å². The third-order valence-electron chi connectivity index (χ3n) is 4.68. The molecule has 2 fully saturated rings. The summed E-state index contributed by atoms with van der Waals surface area (Å²) in [6.45, 7) is 6.02. The highest BCUT2D eigenvalue weighted by atomic mass is 15.2. The van der Waals surface area contributed by atoms with Gasteiger partial charge in [0.05, 0.1) is 0 Å². The summed E-state index contributed by atoms with van der Waals surface area (Å²) in [6.07, 6.45) is 13.0. The second kappa shape index (κ2) is 7.38. The molecule has 2 saturated carbocycles. The first-order chi connectivity index (χ1) is 8.40. The van der Waals surface area contributed by atoms with E-state index in [9.17, 15) is 0 Å². The van der Waals surface area contributed by atoms with E-state index in [4.69, 9.17) is 0 Å². The van der Waals surface area contributed by atoms with Gasteiger partial charge < -0.3 is 5.32 Å². The second-order valence-corrected chi connectivity index (χ2v) is 5.86. The van der Waals surface area contributed by atoms with Crippen molar-refractivity contribution in [2.45, 2.75) is 76.8 Å². The van der Waals surface area contributed by atoms with Crippen LogP contribution in [-0.2, 0) is 0 Å². The zero-order valence-corrected chi connectivity index (χ0v) is 11.6. The third kappa shape index (κ3) is 4.26. The monoisotopic (exact) mass is 238 g/mol. The minimum absolute atomic E-state index is 0.833. The van der Waals surface area contributed by atoms with Crippen molar-refractivity contribution in [3.63, 3.8) is 0 Å². The van der Waals surface area contributed by atoms with Crippen LogP contribution in [0.1, 0.15) is 64.7 Å². The number of likely N-dealkylation sites (N-methyl/N-ethyl adjacent to an activating group) is 1. The Labute approximate surface area is 107 Å². The smallest absolute Gasteiger partial charge is 0.0110 e. The van der Waals surface area contributed by atoms with Gasteiger partial charge in [-0.15, -0.1) is 0 Å². The van der Waals surface area contributed by atoms with E-state index in [0.29, 0.717) is 0 Å². The van der Waals surface area contributed by atoms with Crippen LogP contribution in [0.2, 0.25) is 0 Å². The number of nitrogens with one attached hydrogen (secondary N) is 1. The number of hydrogen-bond acceptors (Lipinski definition) is 2. The van der Waals surface area contributed by atoms with E-state index in [1.165, 1.54) is 77.4 Å². The molecule has 0 aromatic heterocycles. The van der Waals surface area contributed by atoms with Gasteiger partial charge in [-0.2, -0.15) is 0 Å². The molecular weight excluding hydrogens is 208 g/mol. The lowest BCUT2D eigenvalue weighted by Gasteiger charge is -2.33. The topological polar surface area (TPSA) is 15.3 Å². The van der Waals surface area contributed by atoms with Crippen molar-refractivity contribution in [2.24, 2.45) is 0 Å². The van der Waals surface area contributed by atoms with Crippen LogP contribution < -0.4 is 5.32 Å². The van der Waals surface area contributed by atoms with Crippen LogP contribution in [0.3, 0.4) is 0 Å². The summed E-state index contributed by atoms with van der Waals surface area (Å²) < 4.78 is 0. The summed E-state index contributed by atoms with van der Waals surface area (Å²) in [7, 11) is 0. The van der Waals surface area contributed by atoms with Crippen LogP contribution in [0, 0.1) is 0 Å². The molecule has 2 nitrogen and oxygen atoms in total. The Hall–Kier alpha value is -0.0800. The van der Waals surface area contributed by atoms with Gasteiger partial charge >= 0.3 is 0 Å². The van der Waals surface area contributed by atoms with Gasteiger partial charge in [0.25, 0.3) is 0 Å². The molecule has 0 aromatic rings. The van der Waals surface area contributed by atoms with Crippen molar-refractivity contribution in [2.75, 3.05) is 19.6 Å². The van der Waals surface area contributed by atoms with E-state index in [1.54, 1.807) is 0 Å². The summed E-state index contributed by atoms with van der Waals surface area (Å²) >= 11 is 0. The van der Waals surface area contributed by atoms with Gasteiger partial charge in [-0.25, -0.2) is 0 Å². The fraction of sp³-hybridized carbons (Fsp3) is 1.00. The van der Waals surface area contributed by atoms with Crippen molar-refractivity contribution in [3.05, 3.63) is 0 Å². The molecule has 0 radical (unpaired) electrons. The van der Waals surface area contributed by atoms with E-state index in [2.05, 4.69) is 17.1 Å². The molecular formula is C15H30N2. The molecule has 1 N–H and O–H groups in total. The van der Waals surface area contributed by atoms with E-state index in [0.717, 1.165) is 12.1 Å². The standard InChI is InChI=1S/C15H30N2/c1-2-17(15-10-4-3-5-11-15)13-12-16-14-8-6-7-9-14/h14-16H,2-13H2,1H3. The highest BCUT2D eigenvalue weighted by molar-refractivity contribution is 4.78. The van der Waals surface area contributed by atoms with Crippen molar-refractivity contribution >= 4 is 0 Å². The zero-order chi connectivity index (χ0) is 11.9. The number of hydrogen-bond donors (Lipinski definition) is 1. The Morgan fingerprint density at radius 1 is 0.941 bits per heavy atom. The van der Waals surface area contributed by atoms with E-state index >= 15 is 0 Å². The minimum atomic E-state index is 0.833. The highest BCUT2D eigenvalue weighted by Gasteiger charge is 2.20. The molecule has 0 aliphatic heterocycles. The molecule has 0 heterocycles. The maximum Gasteiger partial charge on any atom is 0.0110 e. The molecule has 0 saturated heterocycles. The first kappa shape index (κ1) is 13.4. The SMILES string of the molecule is CCN(CCNC1CCCC1)C1CCCCC1. The fourth-order valence-corrected chi connectivity index (χ4v) is 3.59. The predicted octanol–water partition coefficient (Wildman–Crippen LogP) is 3.17. The van der Waals surface area contributed by atoms with Gasteiger partial charge in [-0.1, -0.05) is 39.0 Å². The number of nitrogens with zero attached hydrogens (tertiary/aromatic N) is 1. The van der Waals surface area contributed by atoms with Gasteiger partial charge in [0.15, 0.2) is 0 Å². The molecule has 17 heavy (non-hydrogen) atoms. The lowest BCUT2D eigenvalue weighted by Crippen LogP contribution is -2.42. The molecule has 0 unspecified atom stereocenters. The Bertz CT molecular complexity index is 193. The molecule has 0 atom stereocenters. The summed E-state index contributed by atoms with van der Waals surface area (Å²) in [5.41, 5.74) is 0. The quantitative estimate of drug-likeness (QED) is 0.764. The molecule has 0 spiro atoms. The Morgan fingerprint density at radius 3 is 2.24 bits per heavy atom. The molecule has 2 rings (SSSR count). The molecule has 2 heteroatoms. The van der Waals surface area contributed by atoms with E-state index < -0.39 is 0 Å². The predicted molar refractivity (Wildman–Crippen MR) is 74.4 cm³/mol. The maximum atomic E-state index is 3.74. The fourth-order valence-electron chi connectivity index (χ4n) is 3.59. The van der Waals surface area contributed by atoms with Gasteiger partial charge in [-0.3, -0.25) is 4.90 Å². The van der Waals surface area contributed by atoms with E-state index in [1.807, 2.05) is 0 Å². The second-order valence-electron chi connectivity index (χ2n) is 5.86. The van der Waals surface area contributed by atoms with Crippen LogP contribution in [0.25, 0.3) is 0 Å². The zero-order valence-electron chi connectivity index (χ0n) is 11.6. The lowest BCUT2D eigenvalue weighted by atomic mass is 9.94. The van der Waals surface area contributed by atoms with Gasteiger partial charge in [0.2, 0.25) is 0 Å². The van der Waals surface area contributed by atoms with Crippen LogP contribution in [0.4, 0.5) is 0 Å². The van der Waals surface area contributed by atoms with Gasteiger partial charge in [0.1, 0.15) is 0 Å². The minimum Gasteiger partial charge on any atom is -0.313 e. The highest BCUT2D eigenvalue weighted by Crippen LogP contribution is 2.22. The van der Waals surface area contributed by atoms with Gasteiger partial charge in [-0.05, 0) is 32.2 Å². The van der Waals surface area contributed by atoms with Gasteiger partial charge in [0, 0.05) is 25.2 Å². The van der Waals surface area contributed by atoms with Crippen molar-refractivity contribution in [1.82, 2.24) is 10.2 Å². The molecule has 0 bridgehead atoms. The van der Waals surface area contributed by atoms with Crippen LogP contribution >= 0.6 is 0 Å². The van der Waals surface area contributed by atoms with Crippen molar-refractivity contribution in [1.29, 1.82) is 0 Å². The summed E-state index contributed by atoms with van der Waals surface area (Å²) in [5.74, 6) is 0. The third-order valence-corrected chi connectivity index (χ3v) is 4.68. The molecule has 2 aliphatic carbocycles. The maximum absolute atomic E-state index is 3.74. The Balaban J connectivity index is 1.63. The van der Waals surface area contributed by atoms with Crippen LogP contribution in [0.15, 0.2) is 0 Å². The summed E-state index contributed by atoms with van der Waals surface area (Å²) in [5, 5.41) is 3.74. The first-order valence-corrected chi connectivity index (χ1v) is 7.87. The van der Waals surface area contributed by atoms with Crippen LogP contribution in [0.5, 0.6) is 0 Å².